The first-order valence-electron chi connectivity index (χ1n) is 7.46. The summed E-state index contributed by atoms with van der Waals surface area (Å²) in [5.74, 6) is 4.18. The monoisotopic (exact) mass is 242 g/mol. The maximum absolute atomic E-state index is 4.38. The summed E-state index contributed by atoms with van der Waals surface area (Å²) >= 11 is 0. The van der Waals surface area contributed by atoms with Gasteiger partial charge in [-0.15, -0.1) is 0 Å². The Kier molecular flexibility index (Phi) is 2.39. The van der Waals surface area contributed by atoms with Crippen molar-refractivity contribution >= 4 is 5.82 Å². The van der Waals surface area contributed by atoms with E-state index in [1.54, 1.807) is 0 Å². The predicted octanol–water partition coefficient (Wildman–Crippen LogP) is 3.71. The van der Waals surface area contributed by atoms with Crippen molar-refractivity contribution < 1.29 is 0 Å². The third-order valence-electron chi connectivity index (χ3n) is 5.47. The molecule has 0 amide bonds. The number of hydrogen-bond acceptors (Lipinski definition) is 2. The van der Waals surface area contributed by atoms with Crippen molar-refractivity contribution in [1.82, 2.24) is 4.98 Å². The molecule has 4 fully saturated rings. The summed E-state index contributed by atoms with van der Waals surface area (Å²) < 4.78 is 0. The lowest BCUT2D eigenvalue weighted by Crippen LogP contribution is -2.49. The maximum Gasteiger partial charge on any atom is 0.125 e. The van der Waals surface area contributed by atoms with Crippen LogP contribution < -0.4 is 5.32 Å². The van der Waals surface area contributed by atoms with Crippen LogP contribution in [0.1, 0.15) is 38.5 Å². The molecule has 96 valence electrons. The van der Waals surface area contributed by atoms with Gasteiger partial charge in [-0.2, -0.15) is 0 Å². The fraction of sp³-hybridized carbons (Fsp3) is 0.688. The van der Waals surface area contributed by atoms with E-state index in [0.717, 1.165) is 30.1 Å². The first-order chi connectivity index (χ1) is 8.81. The molecule has 1 N–H and O–H groups in total. The van der Waals surface area contributed by atoms with Crippen LogP contribution in [0, 0.1) is 23.2 Å². The fourth-order valence-electron chi connectivity index (χ4n) is 5.25. The standard InChI is InChI=1S/C16H22N2/c1-2-4-17-15(3-1)18-11-16-8-12-5-13(9-16)7-14(6-12)10-16/h1-4,12-14H,5-11H2,(H,17,18). The van der Waals surface area contributed by atoms with E-state index in [1.165, 1.54) is 38.5 Å². The Morgan fingerprint density at radius 3 is 2.28 bits per heavy atom. The van der Waals surface area contributed by atoms with E-state index in [-0.39, 0.29) is 0 Å². The molecule has 18 heavy (non-hydrogen) atoms. The molecule has 0 aliphatic heterocycles. The molecular weight excluding hydrogens is 220 g/mol. The molecule has 4 bridgehead atoms. The average Bonchev–Trinajstić information content (AvgIpc) is 2.36. The highest BCUT2D eigenvalue weighted by molar-refractivity contribution is 5.33. The summed E-state index contributed by atoms with van der Waals surface area (Å²) in [5, 5.41) is 3.59. The molecule has 1 aromatic rings. The van der Waals surface area contributed by atoms with E-state index in [1.807, 2.05) is 12.3 Å². The van der Waals surface area contributed by atoms with Crippen LogP contribution in [0.2, 0.25) is 0 Å². The number of anilines is 1. The number of hydrogen-bond donors (Lipinski definition) is 1. The molecule has 5 rings (SSSR count). The molecule has 0 aromatic carbocycles. The SMILES string of the molecule is c1ccc(NCC23CC4CC(CC(C4)C2)C3)nc1. The molecule has 0 spiro atoms. The van der Waals surface area contributed by atoms with Crippen molar-refractivity contribution in [2.24, 2.45) is 23.2 Å². The summed E-state index contributed by atoms with van der Waals surface area (Å²) in [4.78, 5) is 4.38. The number of nitrogens with zero attached hydrogens (tertiary/aromatic N) is 1. The lowest BCUT2D eigenvalue weighted by Gasteiger charge is -2.57. The Morgan fingerprint density at radius 1 is 1.06 bits per heavy atom. The van der Waals surface area contributed by atoms with Gasteiger partial charge in [0.05, 0.1) is 0 Å². The van der Waals surface area contributed by atoms with Gasteiger partial charge in [0.1, 0.15) is 5.82 Å². The largest absolute Gasteiger partial charge is 0.370 e. The normalized spacial score (nSPS) is 41.0. The van der Waals surface area contributed by atoms with Crippen molar-refractivity contribution in [2.45, 2.75) is 38.5 Å². The third-order valence-corrected chi connectivity index (χ3v) is 5.47. The van der Waals surface area contributed by atoms with E-state index >= 15 is 0 Å². The molecule has 2 heteroatoms. The molecule has 0 radical (unpaired) electrons. The summed E-state index contributed by atoms with van der Waals surface area (Å²) in [6, 6.07) is 6.13. The second-order valence-corrected chi connectivity index (χ2v) is 6.99. The molecule has 0 atom stereocenters. The van der Waals surface area contributed by atoms with E-state index in [0.29, 0.717) is 5.41 Å². The highest BCUT2D eigenvalue weighted by atomic mass is 15.0. The van der Waals surface area contributed by atoms with Crippen LogP contribution in [0.5, 0.6) is 0 Å². The van der Waals surface area contributed by atoms with Gasteiger partial charge in [-0.25, -0.2) is 4.98 Å². The van der Waals surface area contributed by atoms with Crippen LogP contribution in [-0.2, 0) is 0 Å². The summed E-state index contributed by atoms with van der Waals surface area (Å²) in [7, 11) is 0. The Bertz CT molecular complexity index is 391. The van der Waals surface area contributed by atoms with Gasteiger partial charge in [0.2, 0.25) is 0 Å². The van der Waals surface area contributed by atoms with Crippen LogP contribution in [0.25, 0.3) is 0 Å². The number of pyridine rings is 1. The van der Waals surface area contributed by atoms with Crippen LogP contribution in [0.15, 0.2) is 24.4 Å². The van der Waals surface area contributed by atoms with Gasteiger partial charge in [-0.1, -0.05) is 6.07 Å². The predicted molar refractivity (Wildman–Crippen MR) is 73.3 cm³/mol. The van der Waals surface area contributed by atoms with Crippen LogP contribution in [-0.4, -0.2) is 11.5 Å². The van der Waals surface area contributed by atoms with Gasteiger partial charge < -0.3 is 5.32 Å². The Balaban J connectivity index is 1.48. The summed E-state index contributed by atoms with van der Waals surface area (Å²) in [6.07, 6.45) is 10.9. The second kappa shape index (κ2) is 3.97. The zero-order valence-electron chi connectivity index (χ0n) is 10.9. The highest BCUT2D eigenvalue weighted by Crippen LogP contribution is 2.59. The van der Waals surface area contributed by atoms with E-state index < -0.39 is 0 Å². The molecule has 1 heterocycles. The number of rotatable bonds is 3. The molecule has 1 aromatic heterocycles. The minimum absolute atomic E-state index is 0.603. The van der Waals surface area contributed by atoms with Gasteiger partial charge in [0.15, 0.2) is 0 Å². The van der Waals surface area contributed by atoms with E-state index in [9.17, 15) is 0 Å². The fourth-order valence-corrected chi connectivity index (χ4v) is 5.25. The van der Waals surface area contributed by atoms with Crippen molar-refractivity contribution in [3.8, 4) is 0 Å². The molecular formula is C16H22N2. The van der Waals surface area contributed by atoms with E-state index in [2.05, 4.69) is 22.4 Å². The Labute approximate surface area is 109 Å². The lowest BCUT2D eigenvalue weighted by molar-refractivity contribution is -0.0444. The van der Waals surface area contributed by atoms with Gasteiger partial charge in [0, 0.05) is 12.7 Å². The smallest absolute Gasteiger partial charge is 0.125 e. The Hall–Kier alpha value is -1.05. The van der Waals surface area contributed by atoms with Crippen molar-refractivity contribution in [1.29, 1.82) is 0 Å². The number of nitrogens with one attached hydrogen (secondary N) is 1. The maximum atomic E-state index is 4.38. The molecule has 4 aliphatic carbocycles. The molecule has 0 unspecified atom stereocenters. The van der Waals surface area contributed by atoms with Crippen molar-refractivity contribution in [2.75, 3.05) is 11.9 Å². The third kappa shape index (κ3) is 1.82. The minimum atomic E-state index is 0.603. The van der Waals surface area contributed by atoms with Gasteiger partial charge >= 0.3 is 0 Å². The molecule has 0 saturated heterocycles. The number of aromatic nitrogens is 1. The lowest BCUT2D eigenvalue weighted by atomic mass is 9.49. The summed E-state index contributed by atoms with van der Waals surface area (Å²) in [6.45, 7) is 1.15. The minimum Gasteiger partial charge on any atom is -0.370 e. The Morgan fingerprint density at radius 2 is 1.72 bits per heavy atom. The molecule has 2 nitrogen and oxygen atoms in total. The van der Waals surface area contributed by atoms with Crippen LogP contribution >= 0.6 is 0 Å². The van der Waals surface area contributed by atoms with E-state index in [4.69, 9.17) is 0 Å². The van der Waals surface area contributed by atoms with Crippen molar-refractivity contribution in [3.63, 3.8) is 0 Å². The first-order valence-corrected chi connectivity index (χ1v) is 7.46. The average molecular weight is 242 g/mol. The first kappa shape index (κ1) is 10.8. The van der Waals surface area contributed by atoms with Crippen molar-refractivity contribution in [3.05, 3.63) is 24.4 Å². The second-order valence-electron chi connectivity index (χ2n) is 6.99. The zero-order chi connectivity index (χ0) is 12.0. The quantitative estimate of drug-likeness (QED) is 0.874. The topological polar surface area (TPSA) is 24.9 Å². The molecule has 4 aliphatic rings. The summed E-state index contributed by atoms with van der Waals surface area (Å²) in [5.41, 5.74) is 0.603. The van der Waals surface area contributed by atoms with Gasteiger partial charge in [-0.3, -0.25) is 0 Å². The molecule has 4 saturated carbocycles. The van der Waals surface area contributed by atoms with Crippen LogP contribution in [0.4, 0.5) is 5.82 Å². The van der Waals surface area contributed by atoms with Gasteiger partial charge in [0.25, 0.3) is 0 Å². The zero-order valence-corrected chi connectivity index (χ0v) is 10.9. The van der Waals surface area contributed by atoms with Gasteiger partial charge in [-0.05, 0) is 73.8 Å². The van der Waals surface area contributed by atoms with Crippen LogP contribution in [0.3, 0.4) is 0 Å². The highest BCUT2D eigenvalue weighted by Gasteiger charge is 2.50.